The average molecular weight is 459 g/mol. The number of aromatic nitrogens is 2. The van der Waals surface area contributed by atoms with Gasteiger partial charge in [0.1, 0.15) is 22.9 Å². The summed E-state index contributed by atoms with van der Waals surface area (Å²) < 4.78 is 25.8. The van der Waals surface area contributed by atoms with E-state index in [4.69, 9.17) is 14.3 Å². The summed E-state index contributed by atoms with van der Waals surface area (Å²) in [5.41, 5.74) is 1.43. The molecular formula is C25H18FN3O5. The minimum atomic E-state index is -1.41. The summed E-state index contributed by atoms with van der Waals surface area (Å²) in [6, 6.07) is 15.1. The molecule has 0 fully saturated rings. The predicted molar refractivity (Wildman–Crippen MR) is 120 cm³/mol. The fourth-order valence-corrected chi connectivity index (χ4v) is 5.11. The molecular weight excluding hydrogens is 441 g/mol. The van der Waals surface area contributed by atoms with Gasteiger partial charge < -0.3 is 18.9 Å². The van der Waals surface area contributed by atoms with E-state index in [0.717, 1.165) is 21.8 Å². The van der Waals surface area contributed by atoms with Crippen LogP contribution in [0.1, 0.15) is 27.8 Å². The van der Waals surface area contributed by atoms with Gasteiger partial charge in [-0.25, -0.2) is 14.2 Å². The summed E-state index contributed by atoms with van der Waals surface area (Å²) in [5.74, 6) is -1.59. The van der Waals surface area contributed by atoms with Gasteiger partial charge in [-0.05, 0) is 29.8 Å². The molecule has 8 nitrogen and oxygen atoms in total. The number of carbonyl (C=O) groups is 2. The number of para-hydroxylation sites is 1. The maximum absolute atomic E-state index is 13.6. The third kappa shape index (κ3) is 2.52. The van der Waals surface area contributed by atoms with Crippen LogP contribution in [-0.4, -0.2) is 41.4 Å². The van der Waals surface area contributed by atoms with E-state index in [1.54, 1.807) is 18.2 Å². The lowest BCUT2D eigenvalue weighted by Gasteiger charge is -2.35. The van der Waals surface area contributed by atoms with E-state index in [1.165, 1.54) is 26.4 Å². The Hall–Kier alpha value is -4.27. The molecule has 0 amide bonds. The van der Waals surface area contributed by atoms with E-state index in [-0.39, 0.29) is 18.0 Å². The number of carbonyl (C=O) groups excluding carboxylic acids is 2. The van der Waals surface area contributed by atoms with Crippen LogP contribution < -0.4 is 0 Å². The van der Waals surface area contributed by atoms with Gasteiger partial charge in [-0.2, -0.15) is 0 Å². The van der Waals surface area contributed by atoms with Crippen molar-refractivity contribution >= 4 is 39.5 Å². The van der Waals surface area contributed by atoms with Gasteiger partial charge in [-0.15, -0.1) is 0 Å². The zero-order chi connectivity index (χ0) is 23.6. The number of hydrogen-bond acceptors (Lipinski definition) is 7. The number of ether oxygens (including phenoxy) is 2. The first-order valence-electron chi connectivity index (χ1n) is 10.6. The molecule has 0 spiro atoms. The van der Waals surface area contributed by atoms with E-state index in [1.807, 2.05) is 28.8 Å². The second-order valence-corrected chi connectivity index (χ2v) is 8.29. The van der Waals surface area contributed by atoms with E-state index in [2.05, 4.69) is 10.1 Å². The summed E-state index contributed by atoms with van der Waals surface area (Å²) >= 11 is 0. The van der Waals surface area contributed by atoms with Gasteiger partial charge in [0.05, 0.1) is 19.7 Å². The van der Waals surface area contributed by atoms with E-state index < -0.39 is 29.3 Å². The van der Waals surface area contributed by atoms with Crippen LogP contribution in [0.4, 0.5) is 4.39 Å². The average Bonchev–Trinajstić information content (AvgIpc) is 3.42. The number of nitrogens with zero attached hydrogens (tertiary/aromatic N) is 3. The smallest absolute Gasteiger partial charge is 0.356 e. The van der Waals surface area contributed by atoms with Gasteiger partial charge >= 0.3 is 11.9 Å². The van der Waals surface area contributed by atoms with Crippen LogP contribution in [0.2, 0.25) is 0 Å². The number of benzene rings is 2. The second-order valence-electron chi connectivity index (χ2n) is 8.29. The summed E-state index contributed by atoms with van der Waals surface area (Å²) in [7, 11) is 2.58. The SMILES string of the molecule is COC(=O)c1cc2c3ccccc3n3c2c(n1)C1=NOC(c2ccc(F)cc2)C1(C(=O)OC)C3. The second kappa shape index (κ2) is 7.11. The van der Waals surface area contributed by atoms with Crippen LogP contribution in [0.15, 0.2) is 59.8 Å². The molecule has 2 aromatic heterocycles. The van der Waals surface area contributed by atoms with Crippen molar-refractivity contribution in [1.82, 2.24) is 9.55 Å². The van der Waals surface area contributed by atoms with Crippen molar-refractivity contribution in [2.24, 2.45) is 10.6 Å². The van der Waals surface area contributed by atoms with Crippen molar-refractivity contribution in [2.45, 2.75) is 12.6 Å². The maximum atomic E-state index is 13.6. The van der Waals surface area contributed by atoms with Crippen molar-refractivity contribution in [2.75, 3.05) is 14.2 Å². The Morgan fingerprint density at radius 1 is 1.09 bits per heavy atom. The number of halogens is 1. The number of pyridine rings is 1. The lowest BCUT2D eigenvalue weighted by atomic mass is 9.72. The minimum Gasteiger partial charge on any atom is -0.468 e. The highest BCUT2D eigenvalue weighted by atomic mass is 19.1. The molecule has 2 atom stereocenters. The Morgan fingerprint density at radius 2 is 1.85 bits per heavy atom. The van der Waals surface area contributed by atoms with Crippen molar-refractivity contribution in [3.63, 3.8) is 0 Å². The number of rotatable bonds is 3. The Bertz CT molecular complexity index is 1540. The summed E-state index contributed by atoms with van der Waals surface area (Å²) in [4.78, 5) is 36.4. The van der Waals surface area contributed by atoms with E-state index >= 15 is 0 Å². The third-order valence-electron chi connectivity index (χ3n) is 6.62. The van der Waals surface area contributed by atoms with Gasteiger partial charge in [-0.1, -0.05) is 35.5 Å². The fourth-order valence-electron chi connectivity index (χ4n) is 5.11. The monoisotopic (exact) mass is 459 g/mol. The quantitative estimate of drug-likeness (QED) is 0.433. The van der Waals surface area contributed by atoms with Gasteiger partial charge in [-0.3, -0.25) is 4.79 Å². The number of esters is 2. The molecule has 2 unspecified atom stereocenters. The summed E-state index contributed by atoms with van der Waals surface area (Å²) in [6.45, 7) is 0.164. The largest absolute Gasteiger partial charge is 0.468 e. The van der Waals surface area contributed by atoms with Crippen molar-refractivity contribution < 1.29 is 28.3 Å². The van der Waals surface area contributed by atoms with Gasteiger partial charge in [0, 0.05) is 22.8 Å². The molecule has 4 aromatic rings. The molecule has 170 valence electrons. The zero-order valence-corrected chi connectivity index (χ0v) is 18.2. The van der Waals surface area contributed by atoms with Gasteiger partial charge in [0.2, 0.25) is 0 Å². The fraction of sp³-hybridized carbons (Fsp3) is 0.200. The molecule has 0 N–H and O–H groups in total. The number of hydrogen-bond donors (Lipinski definition) is 0. The molecule has 0 saturated heterocycles. The van der Waals surface area contributed by atoms with Crippen molar-refractivity contribution in [3.05, 3.63) is 77.4 Å². The van der Waals surface area contributed by atoms with Crippen LogP contribution in [-0.2, 0) is 25.7 Å². The number of oxime groups is 1. The zero-order valence-electron chi connectivity index (χ0n) is 18.2. The van der Waals surface area contributed by atoms with Crippen LogP contribution in [0.3, 0.4) is 0 Å². The lowest BCUT2D eigenvalue weighted by Crippen LogP contribution is -2.48. The van der Waals surface area contributed by atoms with Crippen LogP contribution >= 0.6 is 0 Å². The topological polar surface area (TPSA) is 92.0 Å². The number of fused-ring (bicyclic) bond motifs is 5. The van der Waals surface area contributed by atoms with E-state index in [0.29, 0.717) is 11.3 Å². The van der Waals surface area contributed by atoms with Crippen LogP contribution in [0.5, 0.6) is 0 Å². The minimum absolute atomic E-state index is 0.0847. The predicted octanol–water partition coefficient (Wildman–Crippen LogP) is 3.76. The molecule has 0 saturated carbocycles. The first kappa shape index (κ1) is 20.3. The molecule has 34 heavy (non-hydrogen) atoms. The molecule has 0 bridgehead atoms. The van der Waals surface area contributed by atoms with Crippen molar-refractivity contribution in [1.29, 1.82) is 0 Å². The molecule has 9 heteroatoms. The molecule has 0 radical (unpaired) electrons. The highest BCUT2D eigenvalue weighted by Crippen LogP contribution is 2.52. The molecule has 2 aliphatic heterocycles. The molecule has 6 rings (SSSR count). The van der Waals surface area contributed by atoms with Crippen LogP contribution in [0, 0.1) is 11.2 Å². The highest BCUT2D eigenvalue weighted by molar-refractivity contribution is 6.25. The van der Waals surface area contributed by atoms with E-state index in [9.17, 15) is 14.0 Å². The van der Waals surface area contributed by atoms with Gasteiger partial charge in [0.25, 0.3) is 0 Å². The molecule has 4 heterocycles. The molecule has 0 aliphatic carbocycles. The standard InChI is InChI=1S/C25H18FN3O5/c1-32-23(30)17-11-16-15-5-3-4-6-18(15)29-12-25(24(31)33-2)21(19(27-17)20(16)29)28-34-22(25)13-7-9-14(26)10-8-13/h3-11,22H,12H2,1-2H3. The lowest BCUT2D eigenvalue weighted by molar-refractivity contribution is -0.155. The Balaban J connectivity index is 1.69. The maximum Gasteiger partial charge on any atom is 0.356 e. The molecule has 2 aromatic carbocycles. The summed E-state index contributed by atoms with van der Waals surface area (Å²) in [6.07, 6.45) is -0.886. The Kier molecular flexibility index (Phi) is 4.26. The Labute approximate surface area is 192 Å². The van der Waals surface area contributed by atoms with Gasteiger partial charge in [0.15, 0.2) is 11.5 Å². The number of methoxy groups -OCH3 is 2. The Morgan fingerprint density at radius 3 is 2.59 bits per heavy atom. The normalized spacial score (nSPS) is 20.6. The summed E-state index contributed by atoms with van der Waals surface area (Å²) in [5, 5.41) is 5.97. The van der Waals surface area contributed by atoms with Crippen molar-refractivity contribution in [3.8, 4) is 0 Å². The third-order valence-corrected chi connectivity index (χ3v) is 6.62. The highest BCUT2D eigenvalue weighted by Gasteiger charge is 2.61. The first-order chi connectivity index (χ1) is 16.5. The molecule has 2 aliphatic rings. The first-order valence-corrected chi connectivity index (χ1v) is 10.6. The van der Waals surface area contributed by atoms with Crippen LogP contribution in [0.25, 0.3) is 21.8 Å².